The summed E-state index contributed by atoms with van der Waals surface area (Å²) in [5.74, 6) is -0.974. The highest BCUT2D eigenvalue weighted by Crippen LogP contribution is 2.37. The lowest BCUT2D eigenvalue weighted by molar-refractivity contribution is -0.137. The molecule has 1 aliphatic heterocycles. The van der Waals surface area contributed by atoms with Gasteiger partial charge in [0.05, 0.1) is 40.5 Å². The number of methoxy groups -OCH3 is 1. The van der Waals surface area contributed by atoms with Crippen LogP contribution in [0.2, 0.25) is 10.0 Å². The lowest BCUT2D eigenvalue weighted by atomic mass is 10.1. The molecule has 0 bridgehead atoms. The Hall–Kier alpha value is -2.21. The summed E-state index contributed by atoms with van der Waals surface area (Å²) in [7, 11) is 1.23. The Balaban J connectivity index is 1.45. The molecular weight excluding hydrogens is 846 g/mol. The van der Waals surface area contributed by atoms with Gasteiger partial charge in [-0.25, -0.2) is 0 Å². The molecule has 42 heavy (non-hydrogen) atoms. The molecule has 220 valence electrons. The predicted molar refractivity (Wildman–Crippen MR) is 172 cm³/mol. The third-order valence-electron chi connectivity index (χ3n) is 5.66. The average Bonchev–Trinajstić information content (AvgIpc) is 3.16. The standard InChI is InChI=1S/C27H17Cl2F3I2N2O5S/c1-40-21-5-3-15(27(30,31)32)10-20(21)35-23(37)11-36-25(38)22(42-26(36)39)9-14-7-18(33)24(19(34)8-14)41-12-13-2-4-16(28)17(29)6-13/h2-10H,11-12H2,1H3,(H,35,37)/b22-9-. The molecule has 3 aromatic carbocycles. The van der Waals surface area contributed by atoms with E-state index in [9.17, 15) is 27.6 Å². The molecule has 1 aliphatic rings. The highest BCUT2D eigenvalue weighted by molar-refractivity contribution is 14.1. The summed E-state index contributed by atoms with van der Waals surface area (Å²) in [6.07, 6.45) is -3.13. The second-order valence-electron chi connectivity index (χ2n) is 8.58. The highest BCUT2D eigenvalue weighted by Gasteiger charge is 2.37. The number of hydrogen-bond donors (Lipinski definition) is 1. The second-order valence-corrected chi connectivity index (χ2v) is 12.7. The van der Waals surface area contributed by atoms with Gasteiger partial charge in [-0.3, -0.25) is 19.3 Å². The maximum absolute atomic E-state index is 13.1. The molecule has 0 spiro atoms. The van der Waals surface area contributed by atoms with Gasteiger partial charge in [0, 0.05) is 0 Å². The van der Waals surface area contributed by atoms with Crippen molar-refractivity contribution in [2.75, 3.05) is 19.0 Å². The van der Waals surface area contributed by atoms with Crippen molar-refractivity contribution in [3.8, 4) is 11.5 Å². The van der Waals surface area contributed by atoms with Crippen LogP contribution in [0.5, 0.6) is 11.5 Å². The van der Waals surface area contributed by atoms with E-state index in [0.29, 0.717) is 39.2 Å². The number of benzene rings is 3. The third kappa shape index (κ3) is 7.84. The Morgan fingerprint density at radius 1 is 1.05 bits per heavy atom. The van der Waals surface area contributed by atoms with Gasteiger partial charge in [0.15, 0.2) is 0 Å². The number of thioether (sulfide) groups is 1. The molecule has 1 saturated heterocycles. The first-order chi connectivity index (χ1) is 19.8. The summed E-state index contributed by atoms with van der Waals surface area (Å²) < 4.78 is 51.9. The quantitative estimate of drug-likeness (QED) is 0.181. The fourth-order valence-electron chi connectivity index (χ4n) is 3.69. The Kier molecular flexibility index (Phi) is 10.6. The van der Waals surface area contributed by atoms with Gasteiger partial charge in [-0.05, 0) is 117 Å². The number of nitrogens with one attached hydrogen (secondary N) is 1. The van der Waals surface area contributed by atoms with Gasteiger partial charge >= 0.3 is 6.18 Å². The van der Waals surface area contributed by atoms with Crippen LogP contribution in [0.3, 0.4) is 0 Å². The number of hydrogen-bond acceptors (Lipinski definition) is 6. The molecule has 15 heteroatoms. The number of ether oxygens (including phenoxy) is 2. The first-order valence-electron chi connectivity index (χ1n) is 11.6. The molecule has 1 N–H and O–H groups in total. The maximum Gasteiger partial charge on any atom is 0.416 e. The Bertz CT molecular complexity index is 1600. The average molecular weight is 863 g/mol. The van der Waals surface area contributed by atoms with Gasteiger partial charge in [0.25, 0.3) is 11.1 Å². The normalized spacial score (nSPS) is 14.5. The van der Waals surface area contributed by atoms with Crippen molar-refractivity contribution in [3.05, 3.63) is 87.3 Å². The molecular formula is C27H17Cl2F3I2N2O5S. The molecule has 3 aromatic rings. The highest BCUT2D eigenvalue weighted by atomic mass is 127. The van der Waals surface area contributed by atoms with E-state index >= 15 is 0 Å². The van der Waals surface area contributed by atoms with Crippen LogP contribution in [0.15, 0.2) is 53.4 Å². The zero-order chi connectivity index (χ0) is 30.8. The smallest absolute Gasteiger partial charge is 0.416 e. The van der Waals surface area contributed by atoms with Crippen molar-refractivity contribution >= 4 is 109 Å². The predicted octanol–water partition coefficient (Wildman–Crippen LogP) is 8.48. The van der Waals surface area contributed by atoms with Crippen LogP contribution in [-0.2, 0) is 22.4 Å². The van der Waals surface area contributed by atoms with E-state index in [2.05, 4.69) is 50.5 Å². The molecule has 4 rings (SSSR count). The number of carbonyl (C=O) groups excluding carboxylic acids is 3. The summed E-state index contributed by atoms with van der Waals surface area (Å²) in [5.41, 5.74) is 0.201. The number of carbonyl (C=O) groups is 3. The second kappa shape index (κ2) is 13.6. The molecule has 1 fully saturated rings. The molecule has 1 heterocycles. The van der Waals surface area contributed by atoms with E-state index in [-0.39, 0.29) is 22.9 Å². The molecule has 0 atom stereocenters. The first-order valence-corrected chi connectivity index (χ1v) is 15.4. The van der Waals surface area contributed by atoms with E-state index in [0.717, 1.165) is 29.7 Å². The molecule has 0 aliphatic carbocycles. The number of rotatable bonds is 8. The number of halogens is 7. The molecule has 3 amide bonds. The van der Waals surface area contributed by atoms with Crippen LogP contribution in [0, 0.1) is 7.14 Å². The number of alkyl halides is 3. The number of amides is 3. The van der Waals surface area contributed by atoms with Crippen molar-refractivity contribution in [1.82, 2.24) is 4.90 Å². The minimum Gasteiger partial charge on any atom is -0.495 e. The van der Waals surface area contributed by atoms with Gasteiger partial charge < -0.3 is 14.8 Å². The van der Waals surface area contributed by atoms with Crippen LogP contribution in [0.1, 0.15) is 16.7 Å². The van der Waals surface area contributed by atoms with E-state index in [1.54, 1.807) is 30.3 Å². The topological polar surface area (TPSA) is 84.9 Å². The van der Waals surface area contributed by atoms with Gasteiger partial charge in [0.1, 0.15) is 24.7 Å². The van der Waals surface area contributed by atoms with Crippen molar-refractivity contribution < 1.29 is 37.0 Å². The lowest BCUT2D eigenvalue weighted by Gasteiger charge is -2.16. The van der Waals surface area contributed by atoms with Crippen LogP contribution >= 0.6 is 80.1 Å². The Morgan fingerprint density at radius 3 is 2.36 bits per heavy atom. The van der Waals surface area contributed by atoms with E-state index < -0.39 is 35.3 Å². The fourth-order valence-corrected chi connectivity index (χ4v) is 6.98. The van der Waals surface area contributed by atoms with Crippen LogP contribution in [-0.4, -0.2) is 35.6 Å². The van der Waals surface area contributed by atoms with Gasteiger partial charge in [0.2, 0.25) is 5.91 Å². The largest absolute Gasteiger partial charge is 0.495 e. The third-order valence-corrected chi connectivity index (χ3v) is 8.91. The van der Waals surface area contributed by atoms with Crippen molar-refractivity contribution in [2.45, 2.75) is 12.8 Å². The summed E-state index contributed by atoms with van der Waals surface area (Å²) in [6.45, 7) is -0.451. The first kappa shape index (κ1) is 32.7. The summed E-state index contributed by atoms with van der Waals surface area (Å²) in [5, 5.41) is 2.45. The van der Waals surface area contributed by atoms with E-state index in [1.165, 1.54) is 13.2 Å². The number of imide groups is 1. The van der Waals surface area contributed by atoms with E-state index in [1.807, 2.05) is 0 Å². The lowest BCUT2D eigenvalue weighted by Crippen LogP contribution is -2.36. The van der Waals surface area contributed by atoms with Crippen molar-refractivity contribution in [3.63, 3.8) is 0 Å². The Morgan fingerprint density at radius 2 is 1.74 bits per heavy atom. The zero-order valence-corrected chi connectivity index (χ0v) is 27.8. The minimum absolute atomic E-state index is 0.0148. The summed E-state index contributed by atoms with van der Waals surface area (Å²) >= 11 is 16.9. The van der Waals surface area contributed by atoms with Crippen LogP contribution < -0.4 is 14.8 Å². The summed E-state index contributed by atoms with van der Waals surface area (Å²) in [4.78, 5) is 39.0. The number of anilines is 1. The summed E-state index contributed by atoms with van der Waals surface area (Å²) in [6, 6.07) is 11.3. The van der Waals surface area contributed by atoms with Crippen molar-refractivity contribution in [2.24, 2.45) is 0 Å². The maximum atomic E-state index is 13.1. The van der Waals surface area contributed by atoms with Crippen molar-refractivity contribution in [1.29, 1.82) is 0 Å². The minimum atomic E-state index is -4.64. The molecule has 0 radical (unpaired) electrons. The van der Waals surface area contributed by atoms with Crippen LogP contribution in [0.4, 0.5) is 23.7 Å². The molecule has 0 unspecified atom stereocenters. The van der Waals surface area contributed by atoms with Crippen LogP contribution in [0.25, 0.3) is 6.08 Å². The molecule has 0 aromatic heterocycles. The fraction of sp³-hybridized carbons (Fsp3) is 0.148. The van der Waals surface area contributed by atoms with Gasteiger partial charge in [-0.1, -0.05) is 29.3 Å². The monoisotopic (exact) mass is 862 g/mol. The van der Waals surface area contributed by atoms with E-state index in [4.69, 9.17) is 32.7 Å². The number of nitrogens with zero attached hydrogens (tertiary/aromatic N) is 1. The Labute approximate surface area is 279 Å². The SMILES string of the molecule is COc1ccc(C(F)(F)F)cc1NC(=O)CN1C(=O)S/C(=C\c2cc(I)c(OCc3ccc(Cl)c(Cl)c3)c(I)c2)C1=O. The molecule has 7 nitrogen and oxygen atoms in total. The zero-order valence-electron chi connectivity index (χ0n) is 21.2. The van der Waals surface area contributed by atoms with Gasteiger partial charge in [-0.2, -0.15) is 13.2 Å². The molecule has 0 saturated carbocycles. The van der Waals surface area contributed by atoms with Gasteiger partial charge in [-0.15, -0.1) is 0 Å².